The molecule has 0 unspecified atom stereocenters. The van der Waals surface area contributed by atoms with Gasteiger partial charge in [-0.05, 0) is 25.5 Å². The number of H-pyrrole nitrogens is 1. The van der Waals surface area contributed by atoms with Crippen LogP contribution in [0.15, 0.2) is 32.7 Å². The van der Waals surface area contributed by atoms with E-state index < -0.39 is 28.8 Å². The molecule has 1 aromatic carbocycles. The lowest BCUT2D eigenvalue weighted by molar-refractivity contribution is -0.116. The van der Waals surface area contributed by atoms with Crippen LogP contribution in [-0.4, -0.2) is 27.8 Å². The van der Waals surface area contributed by atoms with E-state index >= 15 is 0 Å². The average molecular weight is 412 g/mol. The Labute approximate surface area is 164 Å². The standard InChI is InChI=1S/C18H22F2N4O3S/c1-3-5-8-24-16(21)15(17(26)22-18(24)27)23(4-2)14(25)10-28-13-7-6-11(19)9-12(13)20/h6-7,9H,3-5,8,10,21H2,1-2H3,(H,22,26,27). The van der Waals surface area contributed by atoms with Crippen LogP contribution >= 0.6 is 11.8 Å². The van der Waals surface area contributed by atoms with Gasteiger partial charge in [0.15, 0.2) is 5.69 Å². The van der Waals surface area contributed by atoms with Gasteiger partial charge in [0, 0.05) is 24.1 Å². The normalized spacial score (nSPS) is 10.9. The van der Waals surface area contributed by atoms with Gasteiger partial charge in [-0.1, -0.05) is 13.3 Å². The molecule has 0 spiro atoms. The minimum atomic E-state index is -0.772. The van der Waals surface area contributed by atoms with E-state index in [4.69, 9.17) is 5.73 Å². The largest absolute Gasteiger partial charge is 0.383 e. The quantitative estimate of drug-likeness (QED) is 0.648. The van der Waals surface area contributed by atoms with Gasteiger partial charge in [-0.3, -0.25) is 19.1 Å². The van der Waals surface area contributed by atoms with Crippen molar-refractivity contribution in [2.45, 2.75) is 38.1 Å². The van der Waals surface area contributed by atoms with Crippen LogP contribution in [0.1, 0.15) is 26.7 Å². The van der Waals surface area contributed by atoms with Crippen molar-refractivity contribution in [2.75, 3.05) is 22.9 Å². The van der Waals surface area contributed by atoms with Gasteiger partial charge < -0.3 is 10.6 Å². The maximum Gasteiger partial charge on any atom is 0.330 e. The van der Waals surface area contributed by atoms with E-state index in [1.54, 1.807) is 6.92 Å². The van der Waals surface area contributed by atoms with Gasteiger partial charge in [0.05, 0.1) is 5.75 Å². The highest BCUT2D eigenvalue weighted by Crippen LogP contribution is 2.24. The lowest BCUT2D eigenvalue weighted by Gasteiger charge is -2.23. The third kappa shape index (κ3) is 4.80. The number of halogens is 2. The SMILES string of the molecule is CCCCn1c(N)c(N(CC)C(=O)CSc2ccc(F)cc2F)c(=O)[nH]c1=O. The van der Waals surface area contributed by atoms with Crippen LogP contribution < -0.4 is 21.9 Å². The fraction of sp³-hybridized carbons (Fsp3) is 0.389. The number of aromatic nitrogens is 2. The Bertz CT molecular complexity index is 974. The molecule has 0 fully saturated rings. The van der Waals surface area contributed by atoms with Crippen LogP contribution in [0.25, 0.3) is 0 Å². The number of thioether (sulfide) groups is 1. The molecule has 152 valence electrons. The molecule has 0 aliphatic carbocycles. The Morgan fingerprint density at radius 1 is 1.29 bits per heavy atom. The second kappa shape index (κ2) is 9.54. The summed E-state index contributed by atoms with van der Waals surface area (Å²) < 4.78 is 28.0. The first-order valence-electron chi connectivity index (χ1n) is 8.80. The number of aromatic amines is 1. The number of nitrogens with one attached hydrogen (secondary N) is 1. The second-order valence-electron chi connectivity index (χ2n) is 6.00. The fourth-order valence-electron chi connectivity index (χ4n) is 2.65. The van der Waals surface area contributed by atoms with Crippen LogP contribution in [-0.2, 0) is 11.3 Å². The monoisotopic (exact) mass is 412 g/mol. The van der Waals surface area contributed by atoms with Gasteiger partial charge in [-0.15, -0.1) is 11.8 Å². The first-order chi connectivity index (χ1) is 13.3. The van der Waals surface area contributed by atoms with Crippen molar-refractivity contribution in [3.63, 3.8) is 0 Å². The van der Waals surface area contributed by atoms with Gasteiger partial charge in [0.25, 0.3) is 5.56 Å². The number of rotatable bonds is 8. The molecule has 0 saturated carbocycles. The van der Waals surface area contributed by atoms with E-state index in [0.717, 1.165) is 35.2 Å². The average Bonchev–Trinajstić information content (AvgIpc) is 2.64. The Balaban J connectivity index is 2.29. The van der Waals surface area contributed by atoms with Crippen molar-refractivity contribution in [3.8, 4) is 0 Å². The molecule has 0 saturated heterocycles. The summed E-state index contributed by atoms with van der Waals surface area (Å²) in [6, 6.07) is 3.07. The van der Waals surface area contributed by atoms with Crippen molar-refractivity contribution in [3.05, 3.63) is 50.7 Å². The molecule has 1 amide bonds. The number of amides is 1. The lowest BCUT2D eigenvalue weighted by atomic mass is 10.3. The first kappa shape index (κ1) is 21.7. The zero-order valence-corrected chi connectivity index (χ0v) is 16.4. The summed E-state index contributed by atoms with van der Waals surface area (Å²) in [5, 5.41) is 0. The molecule has 0 bridgehead atoms. The van der Waals surface area contributed by atoms with Gasteiger partial charge in [0.1, 0.15) is 17.5 Å². The Kier molecular flexibility index (Phi) is 7.38. The highest BCUT2D eigenvalue weighted by atomic mass is 32.2. The highest BCUT2D eigenvalue weighted by Gasteiger charge is 2.23. The maximum atomic E-state index is 13.8. The van der Waals surface area contributed by atoms with Crippen molar-refractivity contribution in [2.24, 2.45) is 0 Å². The van der Waals surface area contributed by atoms with Crippen LogP contribution in [0.4, 0.5) is 20.3 Å². The predicted octanol–water partition coefficient (Wildman–Crippen LogP) is 2.34. The number of carbonyl (C=O) groups excluding carboxylic acids is 1. The summed E-state index contributed by atoms with van der Waals surface area (Å²) in [5.74, 6) is -2.25. The van der Waals surface area contributed by atoms with Crippen LogP contribution in [0.5, 0.6) is 0 Å². The molecule has 1 aromatic heterocycles. The van der Waals surface area contributed by atoms with Gasteiger partial charge in [0.2, 0.25) is 5.91 Å². The number of nitrogen functional groups attached to an aromatic ring is 1. The number of hydrogen-bond acceptors (Lipinski definition) is 5. The van der Waals surface area contributed by atoms with E-state index in [9.17, 15) is 23.2 Å². The maximum absolute atomic E-state index is 13.8. The fourth-order valence-corrected chi connectivity index (χ4v) is 3.44. The van der Waals surface area contributed by atoms with Crippen LogP contribution in [0.2, 0.25) is 0 Å². The number of hydrogen-bond donors (Lipinski definition) is 2. The van der Waals surface area contributed by atoms with Gasteiger partial charge in [-0.2, -0.15) is 0 Å². The Hall–Kier alpha value is -2.62. The zero-order chi connectivity index (χ0) is 20.8. The number of anilines is 2. The second-order valence-corrected chi connectivity index (χ2v) is 7.02. The van der Waals surface area contributed by atoms with Crippen molar-refractivity contribution >= 4 is 29.2 Å². The number of unbranched alkanes of at least 4 members (excludes halogenated alkanes) is 1. The molecule has 1 heterocycles. The summed E-state index contributed by atoms with van der Waals surface area (Å²) >= 11 is 0.881. The van der Waals surface area contributed by atoms with E-state index in [-0.39, 0.29) is 28.7 Å². The molecule has 0 atom stereocenters. The number of benzene rings is 1. The summed E-state index contributed by atoms with van der Waals surface area (Å²) in [6.07, 6.45) is 1.49. The third-order valence-corrected chi connectivity index (χ3v) is 5.12. The summed E-state index contributed by atoms with van der Waals surface area (Å²) in [5.41, 5.74) is 4.53. The predicted molar refractivity (Wildman–Crippen MR) is 106 cm³/mol. The number of nitrogens with two attached hydrogens (primary N) is 1. The third-order valence-electron chi connectivity index (χ3n) is 4.08. The molecule has 2 aromatic rings. The first-order valence-corrected chi connectivity index (χ1v) is 9.79. The summed E-state index contributed by atoms with van der Waals surface area (Å²) in [7, 11) is 0. The smallest absolute Gasteiger partial charge is 0.330 e. The molecule has 0 aliphatic heterocycles. The lowest BCUT2D eigenvalue weighted by Crippen LogP contribution is -2.41. The molecule has 0 radical (unpaired) electrons. The van der Waals surface area contributed by atoms with Crippen LogP contribution in [0.3, 0.4) is 0 Å². The number of carbonyl (C=O) groups is 1. The van der Waals surface area contributed by atoms with E-state index in [1.165, 1.54) is 10.6 Å². The highest BCUT2D eigenvalue weighted by molar-refractivity contribution is 8.00. The molecule has 7 nitrogen and oxygen atoms in total. The van der Waals surface area contributed by atoms with Gasteiger partial charge in [-0.25, -0.2) is 13.6 Å². The van der Waals surface area contributed by atoms with Crippen LogP contribution in [0, 0.1) is 11.6 Å². The molecule has 3 N–H and O–H groups in total. The molecule has 10 heteroatoms. The van der Waals surface area contributed by atoms with E-state index in [0.29, 0.717) is 13.0 Å². The van der Waals surface area contributed by atoms with E-state index in [2.05, 4.69) is 4.98 Å². The van der Waals surface area contributed by atoms with Crippen molar-refractivity contribution in [1.29, 1.82) is 0 Å². The topological polar surface area (TPSA) is 101 Å². The van der Waals surface area contributed by atoms with Gasteiger partial charge >= 0.3 is 5.69 Å². The number of nitrogens with zero attached hydrogens (tertiary/aromatic N) is 2. The van der Waals surface area contributed by atoms with Crippen molar-refractivity contribution in [1.82, 2.24) is 9.55 Å². The minimum Gasteiger partial charge on any atom is -0.383 e. The molecular formula is C18H22F2N4O3S. The molecule has 2 rings (SSSR count). The van der Waals surface area contributed by atoms with E-state index in [1.807, 2.05) is 6.92 Å². The Morgan fingerprint density at radius 2 is 2.00 bits per heavy atom. The molecule has 28 heavy (non-hydrogen) atoms. The Morgan fingerprint density at radius 3 is 2.61 bits per heavy atom. The summed E-state index contributed by atoms with van der Waals surface area (Å²) in [4.78, 5) is 40.4. The molecule has 0 aliphatic rings. The van der Waals surface area contributed by atoms with Crippen molar-refractivity contribution < 1.29 is 13.6 Å². The minimum absolute atomic E-state index is 0.0876. The summed E-state index contributed by atoms with van der Waals surface area (Å²) in [6.45, 7) is 4.04. The molecular weight excluding hydrogens is 390 g/mol. The zero-order valence-electron chi connectivity index (χ0n) is 15.6.